The second kappa shape index (κ2) is 6.57. The molecule has 5 heteroatoms. The van der Waals surface area contributed by atoms with Crippen LogP contribution >= 0.6 is 0 Å². The van der Waals surface area contributed by atoms with Crippen molar-refractivity contribution in [3.63, 3.8) is 0 Å². The van der Waals surface area contributed by atoms with Gasteiger partial charge in [0.15, 0.2) is 0 Å². The molecule has 19 heavy (non-hydrogen) atoms. The van der Waals surface area contributed by atoms with Crippen LogP contribution < -0.4 is 10.6 Å². The number of nitrogens with one attached hydrogen (secondary N) is 2. The number of amides is 2. The Labute approximate surface area is 115 Å². The van der Waals surface area contributed by atoms with E-state index in [1.165, 1.54) is 0 Å². The zero-order valence-electron chi connectivity index (χ0n) is 11.8. The lowest BCUT2D eigenvalue weighted by molar-refractivity contribution is 0.0782. The molecule has 1 aliphatic carbocycles. The lowest BCUT2D eigenvalue weighted by Gasteiger charge is -2.30. The van der Waals surface area contributed by atoms with Gasteiger partial charge in [-0.15, -0.1) is 0 Å². The number of carbonyl (C=O) groups excluding carboxylic acids is 1. The lowest BCUT2D eigenvalue weighted by atomic mass is 9.99. The maximum atomic E-state index is 12.1. The molecule has 2 aliphatic rings. The Kier molecular flexibility index (Phi) is 5.05. The highest BCUT2D eigenvalue weighted by atomic mass is 16.5. The first-order chi connectivity index (χ1) is 9.19. The SMILES string of the molecule is CCC(NC(=O)NC1(CO)CCCC1)C1CCCO1. The fraction of sp³-hybridized carbons (Fsp3) is 0.929. The number of aliphatic hydroxyl groups excluding tert-OH is 1. The van der Waals surface area contributed by atoms with E-state index in [2.05, 4.69) is 17.6 Å². The van der Waals surface area contributed by atoms with Crippen LogP contribution in [-0.4, -0.2) is 42.0 Å². The van der Waals surface area contributed by atoms with Crippen molar-refractivity contribution in [3.8, 4) is 0 Å². The molecular formula is C14H26N2O3. The number of rotatable bonds is 5. The normalized spacial score (nSPS) is 27.2. The highest BCUT2D eigenvalue weighted by molar-refractivity contribution is 5.75. The Morgan fingerprint density at radius 3 is 2.68 bits per heavy atom. The highest BCUT2D eigenvalue weighted by Gasteiger charge is 2.35. The first-order valence-electron chi connectivity index (χ1n) is 7.50. The average molecular weight is 270 g/mol. The summed E-state index contributed by atoms with van der Waals surface area (Å²) in [5.74, 6) is 0. The number of hydrogen-bond acceptors (Lipinski definition) is 3. The summed E-state index contributed by atoms with van der Waals surface area (Å²) >= 11 is 0. The summed E-state index contributed by atoms with van der Waals surface area (Å²) in [5.41, 5.74) is -0.404. The molecule has 0 aromatic carbocycles. The van der Waals surface area contributed by atoms with Crippen molar-refractivity contribution in [1.29, 1.82) is 0 Å². The Balaban J connectivity index is 1.85. The third kappa shape index (κ3) is 3.60. The van der Waals surface area contributed by atoms with E-state index >= 15 is 0 Å². The predicted molar refractivity (Wildman–Crippen MR) is 73.0 cm³/mol. The molecule has 2 amide bonds. The molecule has 2 rings (SSSR count). The Bertz CT molecular complexity index is 297. The maximum Gasteiger partial charge on any atom is 0.315 e. The molecule has 0 aromatic rings. The van der Waals surface area contributed by atoms with Gasteiger partial charge < -0.3 is 20.5 Å². The minimum atomic E-state index is -0.404. The van der Waals surface area contributed by atoms with Gasteiger partial charge >= 0.3 is 6.03 Å². The zero-order valence-corrected chi connectivity index (χ0v) is 11.8. The minimum Gasteiger partial charge on any atom is -0.394 e. The molecule has 1 aliphatic heterocycles. The predicted octanol–water partition coefficient (Wildman–Crippen LogP) is 1.55. The van der Waals surface area contributed by atoms with Crippen LogP contribution in [0.2, 0.25) is 0 Å². The minimum absolute atomic E-state index is 0.0249. The summed E-state index contributed by atoms with van der Waals surface area (Å²) in [6, 6.07) is -0.0991. The second-order valence-electron chi connectivity index (χ2n) is 5.81. The van der Waals surface area contributed by atoms with Gasteiger partial charge in [0.25, 0.3) is 0 Å². The molecular weight excluding hydrogens is 244 g/mol. The largest absolute Gasteiger partial charge is 0.394 e. The average Bonchev–Trinajstić information content (AvgIpc) is 3.07. The number of carbonyl (C=O) groups is 1. The summed E-state index contributed by atoms with van der Waals surface area (Å²) in [4.78, 5) is 12.1. The van der Waals surface area contributed by atoms with Crippen LogP contribution in [0, 0.1) is 0 Å². The van der Waals surface area contributed by atoms with E-state index in [-0.39, 0.29) is 24.8 Å². The highest BCUT2D eigenvalue weighted by Crippen LogP contribution is 2.29. The zero-order chi connectivity index (χ0) is 13.7. The molecule has 0 radical (unpaired) electrons. The van der Waals surface area contributed by atoms with Crippen molar-refractivity contribution >= 4 is 6.03 Å². The van der Waals surface area contributed by atoms with Crippen molar-refractivity contribution in [3.05, 3.63) is 0 Å². The monoisotopic (exact) mass is 270 g/mol. The summed E-state index contributed by atoms with van der Waals surface area (Å²) in [6.45, 7) is 2.88. The first kappa shape index (κ1) is 14.6. The van der Waals surface area contributed by atoms with Crippen LogP contribution in [0.25, 0.3) is 0 Å². The third-order valence-electron chi connectivity index (χ3n) is 4.41. The molecule has 1 saturated heterocycles. The van der Waals surface area contributed by atoms with Crippen molar-refractivity contribution in [2.75, 3.05) is 13.2 Å². The van der Waals surface area contributed by atoms with E-state index in [1.54, 1.807) is 0 Å². The van der Waals surface area contributed by atoms with E-state index in [0.717, 1.165) is 51.6 Å². The van der Waals surface area contributed by atoms with Crippen molar-refractivity contribution < 1.29 is 14.6 Å². The second-order valence-corrected chi connectivity index (χ2v) is 5.81. The Hall–Kier alpha value is -0.810. The molecule has 0 spiro atoms. The summed E-state index contributed by atoms with van der Waals surface area (Å²) in [6.07, 6.45) is 6.98. The number of aliphatic hydroxyl groups is 1. The third-order valence-corrected chi connectivity index (χ3v) is 4.41. The molecule has 5 nitrogen and oxygen atoms in total. The first-order valence-corrected chi connectivity index (χ1v) is 7.50. The van der Waals surface area contributed by atoms with Crippen LogP contribution in [0.3, 0.4) is 0 Å². The molecule has 1 heterocycles. The number of urea groups is 1. The Morgan fingerprint density at radius 2 is 2.16 bits per heavy atom. The van der Waals surface area contributed by atoms with E-state index in [1.807, 2.05) is 0 Å². The molecule has 0 aromatic heterocycles. The molecule has 1 saturated carbocycles. The summed E-state index contributed by atoms with van der Waals surface area (Å²) in [5, 5.41) is 15.5. The van der Waals surface area contributed by atoms with Crippen molar-refractivity contribution in [1.82, 2.24) is 10.6 Å². The number of hydrogen-bond donors (Lipinski definition) is 3. The van der Waals surface area contributed by atoms with Crippen molar-refractivity contribution in [2.24, 2.45) is 0 Å². The summed E-state index contributed by atoms with van der Waals surface area (Å²) in [7, 11) is 0. The van der Waals surface area contributed by atoms with E-state index in [4.69, 9.17) is 4.74 Å². The quantitative estimate of drug-likeness (QED) is 0.710. The van der Waals surface area contributed by atoms with Crippen LogP contribution in [0.1, 0.15) is 51.9 Å². The summed E-state index contributed by atoms with van der Waals surface area (Å²) < 4.78 is 5.64. The van der Waals surface area contributed by atoms with Gasteiger partial charge in [-0.3, -0.25) is 0 Å². The van der Waals surface area contributed by atoms with Crippen molar-refractivity contribution in [2.45, 2.75) is 69.6 Å². The van der Waals surface area contributed by atoms with Gasteiger partial charge in [-0.1, -0.05) is 19.8 Å². The van der Waals surface area contributed by atoms with Gasteiger partial charge in [0.05, 0.1) is 24.3 Å². The van der Waals surface area contributed by atoms with Crippen LogP contribution in [0.5, 0.6) is 0 Å². The van der Waals surface area contributed by atoms with Crippen LogP contribution in [0.15, 0.2) is 0 Å². The van der Waals surface area contributed by atoms with Gasteiger partial charge in [-0.05, 0) is 32.1 Å². The fourth-order valence-corrected chi connectivity index (χ4v) is 3.20. The topological polar surface area (TPSA) is 70.6 Å². The molecule has 2 unspecified atom stereocenters. The molecule has 2 atom stereocenters. The lowest BCUT2D eigenvalue weighted by Crippen LogP contribution is -2.56. The molecule has 110 valence electrons. The smallest absolute Gasteiger partial charge is 0.315 e. The van der Waals surface area contributed by atoms with Gasteiger partial charge in [0.1, 0.15) is 0 Å². The van der Waals surface area contributed by atoms with Gasteiger partial charge in [0, 0.05) is 6.61 Å². The van der Waals surface area contributed by atoms with E-state index in [0.29, 0.717) is 0 Å². The van der Waals surface area contributed by atoms with Crippen LogP contribution in [0.4, 0.5) is 4.79 Å². The molecule has 0 bridgehead atoms. The van der Waals surface area contributed by atoms with Gasteiger partial charge in [0.2, 0.25) is 0 Å². The van der Waals surface area contributed by atoms with E-state index in [9.17, 15) is 9.90 Å². The molecule has 2 fully saturated rings. The Morgan fingerprint density at radius 1 is 1.42 bits per heavy atom. The van der Waals surface area contributed by atoms with E-state index < -0.39 is 5.54 Å². The number of ether oxygens (including phenoxy) is 1. The maximum absolute atomic E-state index is 12.1. The van der Waals surface area contributed by atoms with Gasteiger partial charge in [-0.25, -0.2) is 4.79 Å². The molecule has 3 N–H and O–H groups in total. The standard InChI is InChI=1S/C14H26N2O3/c1-2-11(12-6-5-9-19-12)15-13(18)16-14(10-17)7-3-4-8-14/h11-12,17H,2-10H2,1H3,(H2,15,16,18). The van der Waals surface area contributed by atoms with Crippen LogP contribution in [-0.2, 0) is 4.74 Å². The fourth-order valence-electron chi connectivity index (χ4n) is 3.20. The van der Waals surface area contributed by atoms with Gasteiger partial charge in [-0.2, -0.15) is 0 Å².